The molecule has 0 fully saturated rings. The summed E-state index contributed by atoms with van der Waals surface area (Å²) in [6, 6.07) is 5.41. The lowest BCUT2D eigenvalue weighted by Crippen LogP contribution is -2.38. The summed E-state index contributed by atoms with van der Waals surface area (Å²) >= 11 is 0. The van der Waals surface area contributed by atoms with Crippen LogP contribution in [0.1, 0.15) is 22.0 Å². The van der Waals surface area contributed by atoms with Crippen LogP contribution in [0.3, 0.4) is 0 Å². The average molecular weight is 512 g/mol. The molecule has 0 radical (unpaired) electrons. The van der Waals surface area contributed by atoms with Crippen molar-refractivity contribution in [2.45, 2.75) is 20.0 Å². The molecule has 6 rings (SSSR count). The van der Waals surface area contributed by atoms with Crippen LogP contribution in [-0.2, 0) is 24.9 Å². The first-order chi connectivity index (χ1) is 18.4. The zero-order chi connectivity index (χ0) is 26.2. The van der Waals surface area contributed by atoms with Gasteiger partial charge < -0.3 is 15.2 Å². The molecular weight excluding hydrogens is 486 g/mol. The highest BCUT2D eigenvalue weighted by molar-refractivity contribution is 6.03. The number of aryl methyl sites for hydroxylation is 2. The van der Waals surface area contributed by atoms with Gasteiger partial charge in [-0.2, -0.15) is 5.10 Å². The summed E-state index contributed by atoms with van der Waals surface area (Å²) in [4.78, 5) is 36.4. The van der Waals surface area contributed by atoms with Crippen molar-refractivity contribution in [2.75, 3.05) is 23.7 Å². The van der Waals surface area contributed by atoms with E-state index in [4.69, 9.17) is 0 Å². The Balaban J connectivity index is 1.14. The zero-order valence-electron chi connectivity index (χ0n) is 20.9. The third-order valence-corrected chi connectivity index (χ3v) is 6.48. The molecule has 0 atom stereocenters. The van der Waals surface area contributed by atoms with Crippen molar-refractivity contribution in [1.29, 1.82) is 0 Å². The van der Waals surface area contributed by atoms with Crippen LogP contribution in [0.5, 0.6) is 0 Å². The third-order valence-electron chi connectivity index (χ3n) is 6.48. The first-order valence-electron chi connectivity index (χ1n) is 12.1. The molecule has 1 aliphatic rings. The van der Waals surface area contributed by atoms with Crippen LogP contribution < -0.4 is 10.6 Å². The minimum absolute atomic E-state index is 0.135. The van der Waals surface area contributed by atoms with Gasteiger partial charge in [-0.1, -0.05) is 0 Å². The number of anilines is 2. The number of nitrogens with zero attached hydrogens (tertiary/aromatic N) is 9. The molecule has 1 aliphatic heterocycles. The number of aromatic nitrogens is 8. The van der Waals surface area contributed by atoms with Gasteiger partial charge in [0.25, 0.3) is 5.91 Å². The van der Waals surface area contributed by atoms with E-state index in [9.17, 15) is 9.59 Å². The van der Waals surface area contributed by atoms with E-state index in [0.29, 0.717) is 29.3 Å². The number of hydrogen-bond acceptors (Lipinski definition) is 8. The maximum absolute atomic E-state index is 13.1. The molecule has 6 heterocycles. The van der Waals surface area contributed by atoms with E-state index in [1.807, 2.05) is 37.9 Å². The lowest BCUT2D eigenvalue weighted by atomic mass is 10.1. The number of rotatable bonds is 6. The second-order valence-electron chi connectivity index (χ2n) is 9.22. The number of pyridine rings is 2. The molecule has 0 aromatic carbocycles. The summed E-state index contributed by atoms with van der Waals surface area (Å²) in [6.45, 7) is 4.25. The third kappa shape index (κ3) is 4.62. The van der Waals surface area contributed by atoms with Crippen LogP contribution in [0.4, 0.5) is 11.4 Å². The van der Waals surface area contributed by atoms with Crippen LogP contribution in [0.2, 0.25) is 0 Å². The monoisotopic (exact) mass is 511 g/mol. The number of fused-ring (bicyclic) bond motifs is 2. The minimum Gasteiger partial charge on any atom is -0.332 e. The average Bonchev–Trinajstić information content (AvgIpc) is 3.64. The molecule has 0 bridgehead atoms. The van der Waals surface area contributed by atoms with Crippen molar-refractivity contribution in [1.82, 2.24) is 43.8 Å². The Morgan fingerprint density at radius 1 is 1.05 bits per heavy atom. The first-order valence-corrected chi connectivity index (χ1v) is 12.1. The molecular formula is C25H25N11O2. The van der Waals surface area contributed by atoms with Crippen LogP contribution in [0.15, 0.2) is 55.5 Å². The fraction of sp³-hybridized carbons (Fsp3) is 0.240. The van der Waals surface area contributed by atoms with Crippen LogP contribution in [0.25, 0.3) is 16.8 Å². The van der Waals surface area contributed by atoms with Gasteiger partial charge in [0.2, 0.25) is 11.7 Å². The Bertz CT molecular complexity index is 1660. The number of amides is 2. The molecule has 13 nitrogen and oxygen atoms in total. The molecule has 13 heteroatoms. The molecule has 5 aromatic rings. The fourth-order valence-corrected chi connectivity index (χ4v) is 4.48. The van der Waals surface area contributed by atoms with Gasteiger partial charge in [0.05, 0.1) is 48.0 Å². The van der Waals surface area contributed by atoms with Crippen molar-refractivity contribution in [3.63, 3.8) is 0 Å². The smallest absolute Gasteiger partial charge is 0.294 e. The Morgan fingerprint density at radius 2 is 1.95 bits per heavy atom. The number of carbonyl (C=O) groups excluding carboxylic acids is 2. The van der Waals surface area contributed by atoms with Crippen molar-refractivity contribution in [2.24, 2.45) is 7.05 Å². The standard InChI is InChI=1S/C25H25N11O2/c1-16-21(8-19(10-27-16)29-23(37)14-34-5-6-35-15-26-11-20(35)13-34)30-25(38)24-32-31-22-7-17(3-4-36(22)24)18-9-28-33(2)12-18/h3-4,7-12,15H,5-6,13-14H2,1-2H3,(H,29,37)(H,30,38). The Labute approximate surface area is 217 Å². The normalized spacial score (nSPS) is 13.4. The predicted molar refractivity (Wildman–Crippen MR) is 138 cm³/mol. The summed E-state index contributed by atoms with van der Waals surface area (Å²) in [5.74, 6) is -0.463. The van der Waals surface area contributed by atoms with Crippen molar-refractivity contribution in [3.8, 4) is 11.1 Å². The van der Waals surface area contributed by atoms with Gasteiger partial charge in [0, 0.05) is 50.8 Å². The van der Waals surface area contributed by atoms with E-state index in [2.05, 4.69) is 45.4 Å². The molecule has 5 aromatic heterocycles. The van der Waals surface area contributed by atoms with E-state index < -0.39 is 5.91 Å². The molecule has 192 valence electrons. The number of carbonyl (C=O) groups is 2. The second kappa shape index (κ2) is 9.52. The highest BCUT2D eigenvalue weighted by atomic mass is 16.2. The molecule has 0 aliphatic carbocycles. The summed E-state index contributed by atoms with van der Waals surface area (Å²) < 4.78 is 5.43. The van der Waals surface area contributed by atoms with E-state index in [0.717, 1.165) is 29.9 Å². The predicted octanol–water partition coefficient (Wildman–Crippen LogP) is 1.74. The van der Waals surface area contributed by atoms with E-state index >= 15 is 0 Å². The summed E-state index contributed by atoms with van der Waals surface area (Å²) in [7, 11) is 1.85. The molecule has 38 heavy (non-hydrogen) atoms. The van der Waals surface area contributed by atoms with Gasteiger partial charge in [-0.05, 0) is 30.7 Å². The topological polar surface area (TPSA) is 140 Å². The molecule has 2 N–H and O–H groups in total. The lowest BCUT2D eigenvalue weighted by molar-refractivity contribution is -0.117. The van der Waals surface area contributed by atoms with E-state index in [-0.39, 0.29) is 18.3 Å². The van der Waals surface area contributed by atoms with E-state index in [1.54, 1.807) is 40.7 Å². The highest BCUT2D eigenvalue weighted by Crippen LogP contribution is 2.22. The molecule has 0 unspecified atom stereocenters. The summed E-state index contributed by atoms with van der Waals surface area (Å²) in [5.41, 5.74) is 5.05. The van der Waals surface area contributed by atoms with Gasteiger partial charge in [-0.25, -0.2) is 4.98 Å². The van der Waals surface area contributed by atoms with Gasteiger partial charge in [0.15, 0.2) is 5.65 Å². The van der Waals surface area contributed by atoms with Crippen LogP contribution >= 0.6 is 0 Å². The SMILES string of the molecule is Cc1ncc(NC(=O)CN2CCn3cncc3C2)cc1NC(=O)c1nnc2cc(-c3cnn(C)c3)ccn12. The molecule has 0 spiro atoms. The van der Waals surface area contributed by atoms with Crippen molar-refractivity contribution in [3.05, 3.63) is 72.7 Å². The van der Waals surface area contributed by atoms with Crippen molar-refractivity contribution >= 4 is 28.8 Å². The Hall–Kier alpha value is -4.91. The lowest BCUT2D eigenvalue weighted by Gasteiger charge is -2.27. The molecule has 2 amide bonds. The van der Waals surface area contributed by atoms with E-state index in [1.165, 1.54) is 0 Å². The minimum atomic E-state index is -0.440. The Morgan fingerprint density at radius 3 is 2.79 bits per heavy atom. The second-order valence-corrected chi connectivity index (χ2v) is 9.22. The maximum atomic E-state index is 13.1. The van der Waals surface area contributed by atoms with Gasteiger partial charge in [-0.15, -0.1) is 10.2 Å². The molecule has 0 saturated heterocycles. The first kappa shape index (κ1) is 23.5. The van der Waals surface area contributed by atoms with Gasteiger partial charge >= 0.3 is 0 Å². The highest BCUT2D eigenvalue weighted by Gasteiger charge is 2.20. The van der Waals surface area contributed by atoms with Crippen molar-refractivity contribution < 1.29 is 9.59 Å². The number of nitrogens with one attached hydrogen (secondary N) is 2. The largest absolute Gasteiger partial charge is 0.332 e. The van der Waals surface area contributed by atoms with Crippen LogP contribution in [0, 0.1) is 6.92 Å². The zero-order valence-corrected chi connectivity index (χ0v) is 20.9. The fourth-order valence-electron chi connectivity index (χ4n) is 4.48. The summed E-state index contributed by atoms with van der Waals surface area (Å²) in [6.07, 6.45) is 10.6. The van der Waals surface area contributed by atoms with Gasteiger partial charge in [-0.3, -0.25) is 28.6 Å². The maximum Gasteiger partial charge on any atom is 0.294 e. The number of hydrogen-bond donors (Lipinski definition) is 2. The Kier molecular flexibility index (Phi) is 5.88. The molecule has 0 saturated carbocycles. The quantitative estimate of drug-likeness (QED) is 0.351. The van der Waals surface area contributed by atoms with Crippen LogP contribution in [-0.4, -0.2) is 68.7 Å². The summed E-state index contributed by atoms with van der Waals surface area (Å²) in [5, 5.41) is 18.2. The number of imidazole rings is 1. The van der Waals surface area contributed by atoms with Gasteiger partial charge in [0.1, 0.15) is 0 Å².